The molecule has 1 unspecified atom stereocenters. The molecule has 0 aliphatic heterocycles. The van der Waals surface area contributed by atoms with Crippen LogP contribution in [-0.2, 0) is 6.54 Å². The van der Waals surface area contributed by atoms with Crippen LogP contribution in [0.15, 0.2) is 12.3 Å². The highest BCUT2D eigenvalue weighted by Gasteiger charge is 2.14. The average Bonchev–Trinajstić information content (AvgIpc) is 2.61. The number of aromatic nitrogens is 3. The van der Waals surface area contributed by atoms with E-state index in [-0.39, 0.29) is 5.38 Å². The molecule has 0 bridgehead atoms. The van der Waals surface area contributed by atoms with Crippen molar-refractivity contribution in [1.29, 1.82) is 0 Å². The second kappa shape index (κ2) is 5.48. The Kier molecular flexibility index (Phi) is 3.99. The summed E-state index contributed by atoms with van der Waals surface area (Å²) in [5.74, 6) is 0. The molecule has 1 aromatic heterocycles. The molecule has 0 saturated heterocycles. The molecule has 2 rings (SSSR count). The first-order valence-electron chi connectivity index (χ1n) is 6.05. The lowest BCUT2D eigenvalue weighted by Gasteiger charge is -2.08. The number of nitrogens with zero attached hydrogens (tertiary/aromatic N) is 3. The van der Waals surface area contributed by atoms with Gasteiger partial charge in [-0.25, -0.2) is 4.68 Å². The maximum absolute atomic E-state index is 6.24. The Morgan fingerprint density at radius 2 is 2.38 bits per heavy atom. The van der Waals surface area contributed by atoms with Crippen LogP contribution in [0.4, 0.5) is 0 Å². The first-order chi connectivity index (χ1) is 7.81. The lowest BCUT2D eigenvalue weighted by molar-refractivity contribution is 0.572. The van der Waals surface area contributed by atoms with Gasteiger partial charge in [0, 0.05) is 6.54 Å². The Morgan fingerprint density at radius 3 is 3.19 bits per heavy atom. The Bertz CT molecular complexity index is 370. The standard InChI is InChI=1S/C12H18ClN3/c1-2-7-16-12(9-14-15-16)10-5-3-4-6-11(13)8-10/h8-9,11H,2-7H2,1H3. The third-order valence-corrected chi connectivity index (χ3v) is 3.28. The van der Waals surface area contributed by atoms with Gasteiger partial charge in [-0.1, -0.05) is 24.6 Å². The minimum Gasteiger partial charge on any atom is -0.245 e. The van der Waals surface area contributed by atoms with Crippen LogP contribution in [0.5, 0.6) is 0 Å². The van der Waals surface area contributed by atoms with Crippen LogP contribution in [0.25, 0.3) is 5.57 Å². The van der Waals surface area contributed by atoms with Gasteiger partial charge in [-0.05, 0) is 31.3 Å². The van der Waals surface area contributed by atoms with Gasteiger partial charge in [0.2, 0.25) is 0 Å². The van der Waals surface area contributed by atoms with Gasteiger partial charge in [0.1, 0.15) is 0 Å². The highest BCUT2D eigenvalue weighted by Crippen LogP contribution is 2.27. The minimum atomic E-state index is 0.169. The van der Waals surface area contributed by atoms with Crippen LogP contribution in [0, 0.1) is 0 Å². The molecule has 1 atom stereocenters. The van der Waals surface area contributed by atoms with Crippen LogP contribution >= 0.6 is 11.6 Å². The average molecular weight is 240 g/mol. The predicted molar refractivity (Wildman–Crippen MR) is 66.4 cm³/mol. The summed E-state index contributed by atoms with van der Waals surface area (Å²) < 4.78 is 1.99. The van der Waals surface area contributed by atoms with E-state index in [1.165, 1.54) is 18.4 Å². The van der Waals surface area contributed by atoms with Gasteiger partial charge in [-0.3, -0.25) is 0 Å². The quantitative estimate of drug-likeness (QED) is 0.758. The van der Waals surface area contributed by atoms with E-state index < -0.39 is 0 Å². The molecule has 0 radical (unpaired) electrons. The molecule has 88 valence electrons. The Labute approximate surface area is 101 Å². The molecule has 1 heterocycles. The van der Waals surface area contributed by atoms with Crippen LogP contribution in [-0.4, -0.2) is 20.4 Å². The smallest absolute Gasteiger partial charge is 0.0842 e. The summed E-state index contributed by atoms with van der Waals surface area (Å²) >= 11 is 6.24. The second-order valence-corrected chi connectivity index (χ2v) is 4.86. The molecule has 0 amide bonds. The maximum Gasteiger partial charge on any atom is 0.0842 e. The number of halogens is 1. The van der Waals surface area contributed by atoms with Crippen molar-refractivity contribution in [3.63, 3.8) is 0 Å². The zero-order valence-corrected chi connectivity index (χ0v) is 10.5. The monoisotopic (exact) mass is 239 g/mol. The highest BCUT2D eigenvalue weighted by atomic mass is 35.5. The number of allylic oxidation sites excluding steroid dienone is 2. The van der Waals surface area contributed by atoms with E-state index in [1.807, 2.05) is 10.9 Å². The molecule has 1 aromatic rings. The zero-order valence-electron chi connectivity index (χ0n) is 9.69. The largest absolute Gasteiger partial charge is 0.245 e. The number of hydrogen-bond donors (Lipinski definition) is 0. The zero-order chi connectivity index (χ0) is 11.4. The van der Waals surface area contributed by atoms with E-state index in [0.717, 1.165) is 31.5 Å². The summed E-state index contributed by atoms with van der Waals surface area (Å²) in [5, 5.41) is 8.29. The Balaban J connectivity index is 2.24. The van der Waals surface area contributed by atoms with Crippen molar-refractivity contribution in [3.05, 3.63) is 18.0 Å². The van der Waals surface area contributed by atoms with Crippen molar-refractivity contribution in [2.24, 2.45) is 0 Å². The van der Waals surface area contributed by atoms with E-state index in [4.69, 9.17) is 11.6 Å². The minimum absolute atomic E-state index is 0.169. The SMILES string of the molecule is CCCn1nncc1C1=CC(Cl)CCCC1. The van der Waals surface area contributed by atoms with Crippen molar-refractivity contribution in [1.82, 2.24) is 15.0 Å². The van der Waals surface area contributed by atoms with Gasteiger partial charge in [0.15, 0.2) is 0 Å². The molecule has 0 N–H and O–H groups in total. The fraction of sp³-hybridized carbons (Fsp3) is 0.667. The third kappa shape index (κ3) is 2.64. The normalized spacial score (nSPS) is 21.6. The highest BCUT2D eigenvalue weighted by molar-refractivity contribution is 6.22. The van der Waals surface area contributed by atoms with Crippen molar-refractivity contribution in [3.8, 4) is 0 Å². The lowest BCUT2D eigenvalue weighted by Crippen LogP contribution is -2.04. The van der Waals surface area contributed by atoms with E-state index in [9.17, 15) is 0 Å². The van der Waals surface area contributed by atoms with Crippen LogP contribution < -0.4 is 0 Å². The van der Waals surface area contributed by atoms with E-state index in [0.29, 0.717) is 0 Å². The molecule has 0 aromatic carbocycles. The van der Waals surface area contributed by atoms with Gasteiger partial charge in [0.05, 0.1) is 17.3 Å². The first-order valence-corrected chi connectivity index (χ1v) is 6.48. The molecule has 4 heteroatoms. The fourth-order valence-electron chi connectivity index (χ4n) is 2.14. The Morgan fingerprint density at radius 1 is 1.50 bits per heavy atom. The van der Waals surface area contributed by atoms with Crippen LogP contribution in [0.3, 0.4) is 0 Å². The van der Waals surface area contributed by atoms with E-state index in [2.05, 4.69) is 23.3 Å². The van der Waals surface area contributed by atoms with Gasteiger partial charge >= 0.3 is 0 Å². The summed E-state index contributed by atoms with van der Waals surface area (Å²) in [5.41, 5.74) is 2.46. The number of alkyl halides is 1. The molecule has 3 nitrogen and oxygen atoms in total. The summed E-state index contributed by atoms with van der Waals surface area (Å²) in [6.07, 6.45) is 9.72. The molecule has 0 spiro atoms. The van der Waals surface area contributed by atoms with Crippen molar-refractivity contribution in [2.45, 2.75) is 50.9 Å². The fourth-order valence-corrected chi connectivity index (χ4v) is 2.44. The van der Waals surface area contributed by atoms with Gasteiger partial charge in [-0.2, -0.15) is 0 Å². The summed E-state index contributed by atoms with van der Waals surface area (Å²) in [6.45, 7) is 3.08. The topological polar surface area (TPSA) is 30.7 Å². The first kappa shape index (κ1) is 11.6. The molecule has 1 aliphatic rings. The third-order valence-electron chi connectivity index (χ3n) is 2.94. The summed E-state index contributed by atoms with van der Waals surface area (Å²) in [4.78, 5) is 0. The number of rotatable bonds is 3. The van der Waals surface area contributed by atoms with Gasteiger partial charge < -0.3 is 0 Å². The van der Waals surface area contributed by atoms with Gasteiger partial charge in [-0.15, -0.1) is 16.7 Å². The summed E-state index contributed by atoms with van der Waals surface area (Å²) in [7, 11) is 0. The second-order valence-electron chi connectivity index (χ2n) is 4.30. The van der Waals surface area contributed by atoms with Crippen LogP contribution in [0.1, 0.15) is 44.7 Å². The molecule has 0 saturated carbocycles. The van der Waals surface area contributed by atoms with Crippen LogP contribution in [0.2, 0.25) is 0 Å². The molecule has 16 heavy (non-hydrogen) atoms. The number of hydrogen-bond acceptors (Lipinski definition) is 2. The molecule has 1 aliphatic carbocycles. The molecule has 0 fully saturated rings. The lowest BCUT2D eigenvalue weighted by atomic mass is 10.1. The predicted octanol–water partition coefficient (Wildman–Crippen LogP) is 3.25. The maximum atomic E-state index is 6.24. The number of aryl methyl sites for hydroxylation is 1. The Hall–Kier alpha value is -0.830. The van der Waals surface area contributed by atoms with Crippen molar-refractivity contribution < 1.29 is 0 Å². The van der Waals surface area contributed by atoms with E-state index >= 15 is 0 Å². The van der Waals surface area contributed by atoms with E-state index in [1.54, 1.807) is 0 Å². The van der Waals surface area contributed by atoms with Gasteiger partial charge in [0.25, 0.3) is 0 Å². The molecular formula is C12H18ClN3. The van der Waals surface area contributed by atoms with Crippen molar-refractivity contribution in [2.75, 3.05) is 0 Å². The van der Waals surface area contributed by atoms with Crippen molar-refractivity contribution >= 4 is 17.2 Å². The summed E-state index contributed by atoms with van der Waals surface area (Å²) in [6, 6.07) is 0. The molecular weight excluding hydrogens is 222 g/mol.